The molecule has 0 aromatic carbocycles. The van der Waals surface area contributed by atoms with Crippen molar-refractivity contribution >= 4 is 62.6 Å². The maximum Gasteiger partial charge on any atom is 1.00 e. The predicted octanol–water partition coefficient (Wildman–Crippen LogP) is 0.752. The number of ketones is 2. The van der Waals surface area contributed by atoms with Crippen LogP contribution in [0.2, 0.25) is 0 Å². The van der Waals surface area contributed by atoms with Crippen LogP contribution in [0.15, 0.2) is 35.0 Å². The summed E-state index contributed by atoms with van der Waals surface area (Å²) in [5.74, 6) is -0.889. The van der Waals surface area contributed by atoms with Gasteiger partial charge >= 0.3 is 46.8 Å². The minimum Gasteiger partial charge on any atom is -0.766 e. The molecule has 8 nitrogen and oxygen atoms in total. The molecule has 0 amide bonds. The van der Waals surface area contributed by atoms with E-state index < -0.39 is 45.6 Å². The van der Waals surface area contributed by atoms with E-state index in [4.69, 9.17) is 14.3 Å². The van der Waals surface area contributed by atoms with Gasteiger partial charge in [0.1, 0.15) is 6.61 Å². The van der Waals surface area contributed by atoms with E-state index in [0.717, 1.165) is 17.6 Å². The third kappa shape index (κ3) is 15.4. The molecule has 0 radical (unpaired) electrons. The number of thiophene rings is 2. The monoisotopic (exact) mass is 566 g/mol. The first kappa shape index (κ1) is 34.1. The fraction of sp³-hybridized carbons (Fsp3) is 0.214. The largest absolute Gasteiger partial charge is 1.00 e. The minimum atomic E-state index is -5.08. The van der Waals surface area contributed by atoms with Gasteiger partial charge in [-0.15, -0.1) is 22.7 Å². The molecule has 0 saturated heterocycles. The van der Waals surface area contributed by atoms with Gasteiger partial charge in [0.25, 0.3) is 16.9 Å². The van der Waals surface area contributed by atoms with Crippen molar-refractivity contribution < 1.29 is 87.4 Å². The Hall–Kier alpha value is -1.08. The molecule has 0 aliphatic heterocycles. The Bertz CT molecular complexity index is 960. The van der Waals surface area contributed by atoms with Crippen molar-refractivity contribution in [3.63, 3.8) is 0 Å². The number of halogens is 6. The van der Waals surface area contributed by atoms with E-state index in [9.17, 15) is 40.1 Å². The number of hydrogen-bond donors (Lipinski definition) is 0. The number of Topliss-reactive ketones (excluding diaryl/α,β-unsaturated/α-hetero) is 2. The number of alkyl halides is 6. The third-order valence-electron chi connectivity index (χ3n) is 2.41. The van der Waals surface area contributed by atoms with Crippen molar-refractivity contribution in [1.82, 2.24) is 0 Å². The molecule has 178 valence electrons. The fourth-order valence-electron chi connectivity index (χ4n) is 1.22. The second-order valence-corrected chi connectivity index (χ2v) is 8.61. The number of carbonyl (C=O) groups is 2. The molecule has 0 aliphatic carbocycles. The predicted molar refractivity (Wildman–Crippen MR) is 102 cm³/mol. The Kier molecular flexibility index (Phi) is 17.1. The summed E-state index contributed by atoms with van der Waals surface area (Å²) in [4.78, 5) is 25.4. The van der Waals surface area contributed by atoms with Crippen LogP contribution in [0.4, 0.5) is 26.3 Å². The first-order valence-electron chi connectivity index (χ1n) is 7.30. The molecule has 33 heavy (non-hydrogen) atoms. The smallest absolute Gasteiger partial charge is 0.766 e. The standard InChI is InChI=1S/C7H5F3O3S2.C6H4N2OS.CHF3O2S.Na/c8-7(9,10)15(12)13-4-5(11)6-2-1-3-14-6;7-8-4-5(9)6-2-1-3-10-6;2-1(3,4)7(5)6;/h1-3H,4H2;1-4H;(H,5,6);/q;;;+1/p-1. The van der Waals surface area contributed by atoms with Crippen molar-refractivity contribution in [3.05, 3.63) is 50.3 Å². The molecule has 2 atom stereocenters. The van der Waals surface area contributed by atoms with E-state index in [1.54, 1.807) is 29.0 Å². The summed E-state index contributed by atoms with van der Waals surface area (Å²) < 4.78 is 98.9. The van der Waals surface area contributed by atoms with Crippen LogP contribution in [-0.4, -0.2) is 53.2 Å². The maximum absolute atomic E-state index is 11.7. The summed E-state index contributed by atoms with van der Waals surface area (Å²) in [6.07, 6.45) is 0.881. The van der Waals surface area contributed by atoms with Crippen LogP contribution in [0.1, 0.15) is 19.3 Å². The second-order valence-electron chi connectivity index (χ2n) is 4.61. The normalized spacial score (nSPS) is 12.3. The summed E-state index contributed by atoms with van der Waals surface area (Å²) in [6.45, 7) is -0.841. The van der Waals surface area contributed by atoms with Crippen molar-refractivity contribution in [1.29, 1.82) is 0 Å². The summed E-state index contributed by atoms with van der Waals surface area (Å²) in [6, 6.07) is 6.48. The van der Waals surface area contributed by atoms with Gasteiger partial charge in [-0.05, 0) is 22.9 Å². The molecule has 19 heteroatoms. The quantitative estimate of drug-likeness (QED) is 0.0963. The van der Waals surface area contributed by atoms with Gasteiger partial charge in [-0.2, -0.15) is 31.1 Å². The van der Waals surface area contributed by atoms with Crippen LogP contribution in [0, 0.1) is 0 Å². The average molecular weight is 566 g/mol. The topological polar surface area (TPSA) is 137 Å². The van der Waals surface area contributed by atoms with Gasteiger partial charge in [0, 0.05) is 0 Å². The molecule has 2 unspecified atom stereocenters. The van der Waals surface area contributed by atoms with E-state index in [2.05, 4.69) is 8.97 Å². The van der Waals surface area contributed by atoms with Gasteiger partial charge in [-0.25, -0.2) is 4.21 Å². The zero-order chi connectivity index (χ0) is 24.9. The van der Waals surface area contributed by atoms with Gasteiger partial charge in [0.2, 0.25) is 0 Å². The minimum absolute atomic E-state index is 0. The van der Waals surface area contributed by atoms with Crippen molar-refractivity contribution in [2.75, 3.05) is 6.61 Å². The van der Waals surface area contributed by atoms with Crippen LogP contribution in [0.5, 0.6) is 0 Å². The molecule has 2 heterocycles. The summed E-state index contributed by atoms with van der Waals surface area (Å²) in [5.41, 5.74) is -2.04. The van der Waals surface area contributed by atoms with Gasteiger partial charge in [0.05, 0.1) is 20.8 Å². The molecule has 2 aromatic heterocycles. The van der Waals surface area contributed by atoms with E-state index in [1.165, 1.54) is 17.4 Å². The SMILES string of the molecule is O=C(COS(=O)C(F)(F)F)c1cccs1.O=S([O-])C(F)(F)F.[N-]=[N+]=CC(=O)c1cccs1.[Na+]. The van der Waals surface area contributed by atoms with Crippen LogP contribution < -0.4 is 29.6 Å². The van der Waals surface area contributed by atoms with E-state index in [1.807, 2.05) is 0 Å². The first-order chi connectivity index (χ1) is 14.7. The summed E-state index contributed by atoms with van der Waals surface area (Å²) in [5, 5.41) is 3.40. The van der Waals surface area contributed by atoms with E-state index >= 15 is 0 Å². The number of carbonyl (C=O) groups excluding carboxylic acids is 2. The van der Waals surface area contributed by atoms with Gasteiger partial charge in [-0.3, -0.25) is 18.0 Å². The Morgan fingerprint density at radius 1 is 1.03 bits per heavy atom. The fourth-order valence-corrected chi connectivity index (χ4v) is 2.85. The van der Waals surface area contributed by atoms with Crippen LogP contribution in [-0.2, 0) is 26.3 Å². The third-order valence-corrected chi connectivity index (χ3v) is 5.29. The Balaban J connectivity index is 0. The average Bonchev–Trinajstić information content (AvgIpc) is 3.39. The molecule has 0 aliphatic rings. The molecular weight excluding hydrogens is 557 g/mol. The molecule has 0 bridgehead atoms. The van der Waals surface area contributed by atoms with Crippen molar-refractivity contribution in [2.24, 2.45) is 0 Å². The van der Waals surface area contributed by atoms with Crippen LogP contribution in [0.3, 0.4) is 0 Å². The molecule has 0 fully saturated rings. The molecule has 0 saturated carbocycles. The molecular formula is C14H9F6N2NaO6S4. The van der Waals surface area contributed by atoms with Gasteiger partial charge in [-0.1, -0.05) is 12.1 Å². The molecule has 0 N–H and O–H groups in total. The first-order valence-corrected chi connectivity index (χ1v) is 11.2. The van der Waals surface area contributed by atoms with Gasteiger partial charge < -0.3 is 10.1 Å². The van der Waals surface area contributed by atoms with Crippen LogP contribution >= 0.6 is 22.7 Å². The van der Waals surface area contributed by atoms with Crippen molar-refractivity contribution in [2.45, 2.75) is 11.0 Å². The maximum atomic E-state index is 11.7. The van der Waals surface area contributed by atoms with Gasteiger partial charge in [0.15, 0.2) is 5.78 Å². The second kappa shape index (κ2) is 16.5. The molecule has 0 spiro atoms. The number of nitrogens with zero attached hydrogens (tertiary/aromatic N) is 2. The van der Waals surface area contributed by atoms with E-state index in [-0.39, 0.29) is 40.2 Å². The van der Waals surface area contributed by atoms with Crippen molar-refractivity contribution in [3.8, 4) is 0 Å². The Morgan fingerprint density at radius 2 is 1.48 bits per heavy atom. The zero-order valence-electron chi connectivity index (χ0n) is 16.0. The molecule has 2 rings (SSSR count). The van der Waals surface area contributed by atoms with Crippen LogP contribution in [0.25, 0.3) is 5.53 Å². The Labute approximate surface area is 216 Å². The zero-order valence-corrected chi connectivity index (χ0v) is 21.3. The summed E-state index contributed by atoms with van der Waals surface area (Å²) >= 11 is -4.97. The number of rotatable bonds is 6. The van der Waals surface area contributed by atoms with E-state index in [0.29, 0.717) is 4.88 Å². The Morgan fingerprint density at radius 3 is 1.82 bits per heavy atom. The summed E-state index contributed by atoms with van der Waals surface area (Å²) in [7, 11) is 0. The number of hydrogen-bond acceptors (Lipinski definition) is 8. The molecule has 2 aromatic rings.